The minimum atomic E-state index is -0.543. The molecule has 1 aromatic carbocycles. The zero-order chi connectivity index (χ0) is 74.1. The second-order valence-electron chi connectivity index (χ2n) is 29.4. The number of methoxy groups -OCH3 is 2. The van der Waals surface area contributed by atoms with Gasteiger partial charge in [0.05, 0.1) is 24.4 Å². The Morgan fingerprint density at radius 1 is 0.337 bits per heavy atom. The Morgan fingerprint density at radius 2 is 0.614 bits per heavy atom. The van der Waals surface area contributed by atoms with Crippen LogP contribution >= 0.6 is 0 Å². The minimum Gasteiger partial charge on any atom is -0.390 e. The van der Waals surface area contributed by atoms with E-state index in [9.17, 15) is 10.2 Å². The summed E-state index contributed by atoms with van der Waals surface area (Å²) in [4.78, 5) is 4.41. The maximum Gasteiger partial charge on any atom is 0.158 e. The number of aliphatic hydroxyl groups excluding tert-OH is 2. The summed E-state index contributed by atoms with van der Waals surface area (Å²) in [7, 11) is 11.8. The number of allylic oxidation sites excluding steroid dienone is 16. The largest absolute Gasteiger partial charge is 0.390 e. The molecular formula is C93H170N2O6. The van der Waals surface area contributed by atoms with Gasteiger partial charge < -0.3 is 39.0 Å². The second kappa shape index (κ2) is 84.1. The first-order chi connectivity index (χ1) is 49.5. The highest BCUT2D eigenvalue weighted by Crippen LogP contribution is 2.30. The summed E-state index contributed by atoms with van der Waals surface area (Å²) in [6.45, 7) is 13.3. The molecule has 588 valence electrons. The van der Waals surface area contributed by atoms with Crippen LogP contribution in [0.5, 0.6) is 0 Å². The fourth-order valence-electron chi connectivity index (χ4n) is 12.3. The van der Waals surface area contributed by atoms with Crippen molar-refractivity contribution in [1.29, 1.82) is 0 Å². The topological polar surface area (TPSA) is 83.9 Å². The van der Waals surface area contributed by atoms with Gasteiger partial charge in [-0.1, -0.05) is 315 Å². The SMILES string of the molecule is CCCCC/C=C\C/C=C\CCCCCCCC(O)C(O)CCCCCCC/C=C\C/C=C\CCCCC.CCCCC/C=C\C/C=C\CCCCCCCC1OC(CCCN(C)C)OC1CCCCCCC/C=C\C/C=C\CCCCC.COC(CCCN(C)C)OC.Cc1ccccc1. The summed E-state index contributed by atoms with van der Waals surface area (Å²) in [5, 5.41) is 20.5. The molecule has 0 spiro atoms. The molecule has 0 saturated carbocycles. The zero-order valence-corrected chi connectivity index (χ0v) is 68.7. The quantitative estimate of drug-likeness (QED) is 0.0379. The molecule has 0 aromatic heterocycles. The van der Waals surface area contributed by atoms with Gasteiger partial charge >= 0.3 is 0 Å². The number of aliphatic hydroxyl groups is 2. The zero-order valence-electron chi connectivity index (χ0n) is 68.7. The van der Waals surface area contributed by atoms with E-state index in [0.717, 1.165) is 103 Å². The van der Waals surface area contributed by atoms with Crippen LogP contribution in [0.1, 0.15) is 367 Å². The molecule has 1 fully saturated rings. The van der Waals surface area contributed by atoms with E-state index in [4.69, 9.17) is 18.9 Å². The summed E-state index contributed by atoms with van der Waals surface area (Å²) < 4.78 is 23.0. The molecule has 2 rings (SSSR count). The van der Waals surface area contributed by atoms with Gasteiger partial charge in [0.1, 0.15) is 0 Å². The molecule has 1 aliphatic heterocycles. The van der Waals surface area contributed by atoms with Crippen molar-refractivity contribution in [3.8, 4) is 0 Å². The van der Waals surface area contributed by atoms with E-state index in [1.165, 1.54) is 250 Å². The van der Waals surface area contributed by atoms with Gasteiger partial charge in [-0.25, -0.2) is 0 Å². The number of aryl methyl sites for hydroxylation is 1. The van der Waals surface area contributed by atoms with E-state index >= 15 is 0 Å². The summed E-state index contributed by atoms with van der Waals surface area (Å²) in [6.07, 6.45) is 100. The smallest absolute Gasteiger partial charge is 0.158 e. The van der Waals surface area contributed by atoms with Crippen LogP contribution in [0.3, 0.4) is 0 Å². The van der Waals surface area contributed by atoms with Crippen LogP contribution in [0, 0.1) is 6.92 Å². The lowest BCUT2D eigenvalue weighted by atomic mass is 9.99. The molecule has 0 aliphatic carbocycles. The highest BCUT2D eigenvalue weighted by Gasteiger charge is 2.34. The average molecular weight is 1410 g/mol. The third kappa shape index (κ3) is 79.2. The normalized spacial score (nSPS) is 15.7. The number of hydrogen-bond acceptors (Lipinski definition) is 8. The molecule has 0 amide bonds. The molecule has 1 saturated heterocycles. The Morgan fingerprint density at radius 3 is 0.891 bits per heavy atom. The van der Waals surface area contributed by atoms with E-state index in [1.54, 1.807) is 14.2 Å². The van der Waals surface area contributed by atoms with E-state index in [1.807, 2.05) is 18.2 Å². The van der Waals surface area contributed by atoms with Crippen molar-refractivity contribution in [2.24, 2.45) is 0 Å². The summed E-state index contributed by atoms with van der Waals surface area (Å²) in [5.41, 5.74) is 1.32. The first kappa shape index (κ1) is 99.9. The van der Waals surface area contributed by atoms with E-state index in [2.05, 4.69) is 182 Å². The predicted octanol–water partition coefficient (Wildman–Crippen LogP) is 27.3. The molecule has 1 aliphatic rings. The van der Waals surface area contributed by atoms with Crippen molar-refractivity contribution in [3.05, 3.63) is 133 Å². The van der Waals surface area contributed by atoms with E-state index in [0.29, 0.717) is 12.2 Å². The summed E-state index contributed by atoms with van der Waals surface area (Å²) in [6, 6.07) is 10.3. The number of hydrogen-bond donors (Lipinski definition) is 2. The molecule has 4 atom stereocenters. The summed E-state index contributed by atoms with van der Waals surface area (Å²) >= 11 is 0. The van der Waals surface area contributed by atoms with Crippen molar-refractivity contribution in [3.63, 3.8) is 0 Å². The van der Waals surface area contributed by atoms with Gasteiger partial charge in [0.25, 0.3) is 0 Å². The third-order valence-corrected chi connectivity index (χ3v) is 18.8. The molecule has 8 heteroatoms. The van der Waals surface area contributed by atoms with Crippen molar-refractivity contribution >= 4 is 0 Å². The highest BCUT2D eigenvalue weighted by atomic mass is 16.7. The van der Waals surface area contributed by atoms with Gasteiger partial charge in [0.15, 0.2) is 12.6 Å². The van der Waals surface area contributed by atoms with Crippen molar-refractivity contribution in [2.75, 3.05) is 55.5 Å². The Bertz CT molecular complexity index is 1880. The van der Waals surface area contributed by atoms with Gasteiger partial charge in [-0.2, -0.15) is 0 Å². The lowest BCUT2D eigenvalue weighted by molar-refractivity contribution is -0.107. The van der Waals surface area contributed by atoms with Crippen LogP contribution in [0.25, 0.3) is 0 Å². The monoisotopic (exact) mass is 1410 g/mol. The second-order valence-corrected chi connectivity index (χ2v) is 29.4. The van der Waals surface area contributed by atoms with E-state index < -0.39 is 12.2 Å². The van der Waals surface area contributed by atoms with Crippen LogP contribution in [0.4, 0.5) is 0 Å². The molecule has 0 bridgehead atoms. The van der Waals surface area contributed by atoms with Crippen molar-refractivity contribution < 1.29 is 29.2 Å². The van der Waals surface area contributed by atoms with Gasteiger partial charge in [0, 0.05) is 14.2 Å². The molecule has 101 heavy (non-hydrogen) atoms. The van der Waals surface area contributed by atoms with E-state index in [-0.39, 0.29) is 12.6 Å². The number of benzene rings is 1. The van der Waals surface area contributed by atoms with Crippen molar-refractivity contribution in [1.82, 2.24) is 9.80 Å². The predicted molar refractivity (Wildman–Crippen MR) is 448 cm³/mol. The molecule has 0 radical (unpaired) electrons. The maximum atomic E-state index is 10.3. The van der Waals surface area contributed by atoms with Crippen LogP contribution < -0.4 is 0 Å². The first-order valence-corrected chi connectivity index (χ1v) is 42.7. The Hall–Kier alpha value is -3.18. The third-order valence-electron chi connectivity index (χ3n) is 18.8. The van der Waals surface area contributed by atoms with Gasteiger partial charge in [0.2, 0.25) is 0 Å². The number of unbranched alkanes of at least 4 members (excludes halogenated alkanes) is 32. The average Bonchev–Trinajstić information content (AvgIpc) is 1.73. The van der Waals surface area contributed by atoms with Crippen LogP contribution in [0.15, 0.2) is 128 Å². The Balaban J connectivity index is 0. The molecule has 8 nitrogen and oxygen atoms in total. The first-order valence-electron chi connectivity index (χ1n) is 42.7. The minimum absolute atomic E-state index is 0.0101. The van der Waals surface area contributed by atoms with Crippen LogP contribution in [0.2, 0.25) is 0 Å². The molecular weight excluding hydrogens is 1240 g/mol. The number of ether oxygens (including phenoxy) is 4. The lowest BCUT2D eigenvalue weighted by Crippen LogP contribution is -2.25. The van der Waals surface area contributed by atoms with Crippen molar-refractivity contribution in [2.45, 2.75) is 405 Å². The molecule has 1 aromatic rings. The number of rotatable bonds is 67. The van der Waals surface area contributed by atoms with Gasteiger partial charge in [-0.05, 0) is 228 Å². The fraction of sp³-hybridized carbons (Fsp3) is 0.763. The molecule has 4 unspecified atom stereocenters. The van der Waals surface area contributed by atoms with Gasteiger partial charge in [-0.3, -0.25) is 0 Å². The molecule has 2 N–H and O–H groups in total. The van der Waals surface area contributed by atoms with Gasteiger partial charge in [-0.15, -0.1) is 0 Å². The summed E-state index contributed by atoms with van der Waals surface area (Å²) in [5.74, 6) is 0. The standard InChI is InChI=1S/C42H77NO2.C36H66O2.C8H19NO2.C7H8/c1-5-7-9-11-13-15-17-19-21-23-25-27-29-31-33-36-40-41(45-42(44-40)38-35-39-43(3)4)37-34-32-30-28-26-24-22-20-18-16-14-12-10-8-6-2;1-3-5-7-9-11-13-15-17-19-21-23-25-27-29-31-33-35(37)36(38)34-32-30-28-26-24-22-20-18-16-14-12-10-8-6-4-2;1-9(2)7-5-6-8(10-3)11-4;1-7-5-3-2-4-6-7/h13-16,19-22,40-42H,5-12,17-18,23-39H2,1-4H3;11-14,17-20,35-38H,3-10,15-16,21-34H2,1-2H3;8H,5-7H2,1-4H3;2-6H,1H3/b15-13-,16-14-,21-19-,22-20-;13-11-,14-12-,19-17-,20-18-;;. The van der Waals surface area contributed by atoms with Crippen LogP contribution in [-0.4, -0.2) is 113 Å². The highest BCUT2D eigenvalue weighted by molar-refractivity contribution is 5.11. The maximum absolute atomic E-state index is 10.3. The Labute approximate surface area is 629 Å². The fourth-order valence-corrected chi connectivity index (χ4v) is 12.3. The lowest BCUT2D eigenvalue weighted by Gasteiger charge is -2.17. The molecule has 1 heterocycles. The Kier molecular flexibility index (Phi) is 83.1. The number of nitrogens with zero attached hydrogens (tertiary/aromatic N) is 2. The van der Waals surface area contributed by atoms with Crippen LogP contribution in [-0.2, 0) is 18.9 Å².